The maximum absolute atomic E-state index is 8.90. The van der Waals surface area contributed by atoms with E-state index in [0.717, 1.165) is 17.1 Å². The first kappa shape index (κ1) is 14.5. The Hall–Kier alpha value is -1.92. The Morgan fingerprint density at radius 2 is 2.05 bits per heavy atom. The van der Waals surface area contributed by atoms with Crippen LogP contribution in [0.5, 0.6) is 5.75 Å². The van der Waals surface area contributed by atoms with E-state index in [2.05, 4.69) is 10.3 Å². The van der Waals surface area contributed by atoms with Crippen LogP contribution in [0.25, 0.3) is 0 Å². The highest BCUT2D eigenvalue weighted by molar-refractivity contribution is 5.26. The monoisotopic (exact) mass is 276 g/mol. The van der Waals surface area contributed by atoms with Gasteiger partial charge in [-0.2, -0.15) is 0 Å². The van der Waals surface area contributed by atoms with Gasteiger partial charge in [0.1, 0.15) is 23.7 Å². The zero-order valence-electron chi connectivity index (χ0n) is 11.6. The maximum atomic E-state index is 8.90. The molecule has 2 rings (SSSR count). The van der Waals surface area contributed by atoms with Crippen molar-refractivity contribution in [2.24, 2.45) is 5.73 Å². The minimum absolute atomic E-state index is 0.121. The SMILES string of the molecule is Cc1ccc(OCc2c(CN)nnn2CCCO)cc1. The summed E-state index contributed by atoms with van der Waals surface area (Å²) in [7, 11) is 0. The van der Waals surface area contributed by atoms with Crippen LogP contribution in [0.15, 0.2) is 24.3 Å². The van der Waals surface area contributed by atoms with Crippen LogP contribution in [0.4, 0.5) is 0 Å². The van der Waals surface area contributed by atoms with Crippen LogP contribution < -0.4 is 10.5 Å². The van der Waals surface area contributed by atoms with Crippen molar-refractivity contribution in [2.75, 3.05) is 6.61 Å². The lowest BCUT2D eigenvalue weighted by molar-refractivity contribution is 0.265. The molecule has 2 aromatic rings. The molecule has 0 unspecified atom stereocenters. The molecule has 0 aliphatic rings. The molecule has 0 fully saturated rings. The van der Waals surface area contributed by atoms with Crippen molar-refractivity contribution in [1.29, 1.82) is 0 Å². The smallest absolute Gasteiger partial charge is 0.132 e. The van der Waals surface area contributed by atoms with E-state index in [9.17, 15) is 0 Å². The lowest BCUT2D eigenvalue weighted by atomic mass is 10.2. The van der Waals surface area contributed by atoms with Crippen LogP contribution in [-0.2, 0) is 19.7 Å². The third-order valence-electron chi connectivity index (χ3n) is 3.04. The fourth-order valence-corrected chi connectivity index (χ4v) is 1.87. The fraction of sp³-hybridized carbons (Fsp3) is 0.429. The van der Waals surface area contributed by atoms with E-state index < -0.39 is 0 Å². The standard InChI is InChI=1S/C14H20N4O2/c1-11-3-5-12(6-4-11)20-10-14-13(9-15)16-17-18(14)7-2-8-19/h3-6,19H,2,7-10,15H2,1H3. The van der Waals surface area contributed by atoms with Gasteiger partial charge in [-0.25, -0.2) is 4.68 Å². The van der Waals surface area contributed by atoms with Gasteiger partial charge in [0.25, 0.3) is 0 Å². The Kier molecular flexibility index (Phi) is 5.09. The van der Waals surface area contributed by atoms with E-state index in [-0.39, 0.29) is 6.61 Å². The predicted octanol–water partition coefficient (Wildman–Crippen LogP) is 1.01. The van der Waals surface area contributed by atoms with Gasteiger partial charge in [-0.05, 0) is 25.5 Å². The number of rotatable bonds is 7. The molecule has 0 atom stereocenters. The van der Waals surface area contributed by atoms with E-state index in [1.807, 2.05) is 31.2 Å². The van der Waals surface area contributed by atoms with Gasteiger partial charge in [0.15, 0.2) is 0 Å². The number of ether oxygens (including phenoxy) is 1. The Morgan fingerprint density at radius 1 is 1.30 bits per heavy atom. The molecule has 0 amide bonds. The summed E-state index contributed by atoms with van der Waals surface area (Å²) in [5, 5.41) is 17.0. The number of hydrogen-bond donors (Lipinski definition) is 2. The quantitative estimate of drug-likeness (QED) is 0.788. The second kappa shape index (κ2) is 7.02. The summed E-state index contributed by atoms with van der Waals surface area (Å²) in [6, 6.07) is 7.86. The molecule has 1 heterocycles. The number of hydrogen-bond acceptors (Lipinski definition) is 5. The number of aliphatic hydroxyl groups is 1. The fourth-order valence-electron chi connectivity index (χ4n) is 1.87. The van der Waals surface area contributed by atoms with Gasteiger partial charge in [-0.15, -0.1) is 5.10 Å². The molecule has 0 spiro atoms. The van der Waals surface area contributed by atoms with Crippen molar-refractivity contribution >= 4 is 0 Å². The van der Waals surface area contributed by atoms with Crippen molar-refractivity contribution in [3.63, 3.8) is 0 Å². The van der Waals surface area contributed by atoms with E-state index >= 15 is 0 Å². The van der Waals surface area contributed by atoms with Crippen molar-refractivity contribution in [3.8, 4) is 5.75 Å². The number of aliphatic hydroxyl groups excluding tert-OH is 1. The molecule has 1 aromatic heterocycles. The number of nitrogens with two attached hydrogens (primary N) is 1. The van der Waals surface area contributed by atoms with E-state index in [4.69, 9.17) is 15.6 Å². The van der Waals surface area contributed by atoms with Crippen LogP contribution in [0.1, 0.15) is 23.4 Å². The van der Waals surface area contributed by atoms with Crippen LogP contribution in [0.3, 0.4) is 0 Å². The van der Waals surface area contributed by atoms with Crippen LogP contribution in [-0.4, -0.2) is 26.7 Å². The van der Waals surface area contributed by atoms with Gasteiger partial charge in [-0.3, -0.25) is 0 Å². The van der Waals surface area contributed by atoms with Gasteiger partial charge < -0.3 is 15.6 Å². The number of benzene rings is 1. The van der Waals surface area contributed by atoms with E-state index in [1.54, 1.807) is 4.68 Å². The summed E-state index contributed by atoms with van der Waals surface area (Å²) in [4.78, 5) is 0. The molecule has 0 aliphatic carbocycles. The zero-order chi connectivity index (χ0) is 14.4. The molecule has 0 saturated carbocycles. The second-order valence-corrected chi connectivity index (χ2v) is 4.59. The lowest BCUT2D eigenvalue weighted by Gasteiger charge is -2.09. The third kappa shape index (κ3) is 3.55. The summed E-state index contributed by atoms with van der Waals surface area (Å²) in [5.74, 6) is 0.800. The maximum Gasteiger partial charge on any atom is 0.132 e. The van der Waals surface area contributed by atoms with E-state index in [1.165, 1.54) is 5.56 Å². The van der Waals surface area contributed by atoms with Crippen molar-refractivity contribution in [3.05, 3.63) is 41.2 Å². The van der Waals surface area contributed by atoms with Gasteiger partial charge in [0.05, 0.1) is 0 Å². The molecule has 1 aromatic carbocycles. The Balaban J connectivity index is 2.06. The molecular formula is C14H20N4O2. The molecular weight excluding hydrogens is 256 g/mol. The summed E-state index contributed by atoms with van der Waals surface area (Å²) < 4.78 is 7.49. The van der Waals surface area contributed by atoms with Crippen LogP contribution in [0, 0.1) is 6.92 Å². The van der Waals surface area contributed by atoms with E-state index in [0.29, 0.717) is 26.1 Å². The first-order chi connectivity index (χ1) is 9.74. The predicted molar refractivity (Wildman–Crippen MR) is 75.1 cm³/mol. The molecule has 0 bridgehead atoms. The van der Waals surface area contributed by atoms with Crippen LogP contribution >= 0.6 is 0 Å². The average Bonchev–Trinajstić information content (AvgIpc) is 2.86. The average molecular weight is 276 g/mol. The summed E-state index contributed by atoms with van der Waals surface area (Å²) >= 11 is 0. The molecule has 108 valence electrons. The third-order valence-corrected chi connectivity index (χ3v) is 3.04. The van der Waals surface area contributed by atoms with Gasteiger partial charge >= 0.3 is 0 Å². The Bertz CT molecular complexity index is 537. The molecule has 0 radical (unpaired) electrons. The lowest BCUT2D eigenvalue weighted by Crippen LogP contribution is -2.11. The molecule has 3 N–H and O–H groups in total. The normalized spacial score (nSPS) is 10.8. The topological polar surface area (TPSA) is 86.2 Å². The Morgan fingerprint density at radius 3 is 2.70 bits per heavy atom. The van der Waals surface area contributed by atoms with Crippen molar-refractivity contribution < 1.29 is 9.84 Å². The Labute approximate surface area is 118 Å². The highest BCUT2D eigenvalue weighted by atomic mass is 16.5. The van der Waals surface area contributed by atoms with Gasteiger partial charge in [0, 0.05) is 19.7 Å². The minimum Gasteiger partial charge on any atom is -0.487 e. The largest absolute Gasteiger partial charge is 0.487 e. The van der Waals surface area contributed by atoms with Gasteiger partial charge in [-0.1, -0.05) is 22.9 Å². The second-order valence-electron chi connectivity index (χ2n) is 4.59. The molecule has 0 aliphatic heterocycles. The highest BCUT2D eigenvalue weighted by Crippen LogP contribution is 2.15. The molecule has 0 saturated heterocycles. The first-order valence-electron chi connectivity index (χ1n) is 6.66. The number of nitrogens with zero attached hydrogens (tertiary/aromatic N) is 3. The minimum atomic E-state index is 0.121. The summed E-state index contributed by atoms with van der Waals surface area (Å²) in [6.07, 6.45) is 0.630. The summed E-state index contributed by atoms with van der Waals surface area (Å²) in [5.41, 5.74) is 8.44. The van der Waals surface area contributed by atoms with Crippen molar-refractivity contribution in [2.45, 2.75) is 33.0 Å². The molecule has 6 nitrogen and oxygen atoms in total. The van der Waals surface area contributed by atoms with Crippen LogP contribution in [0.2, 0.25) is 0 Å². The summed E-state index contributed by atoms with van der Waals surface area (Å²) in [6.45, 7) is 3.45. The van der Waals surface area contributed by atoms with Crippen molar-refractivity contribution in [1.82, 2.24) is 15.0 Å². The molecule has 6 heteroatoms. The number of aromatic nitrogens is 3. The highest BCUT2D eigenvalue weighted by Gasteiger charge is 2.12. The molecule has 20 heavy (non-hydrogen) atoms. The van der Waals surface area contributed by atoms with Gasteiger partial charge in [0.2, 0.25) is 0 Å². The first-order valence-corrected chi connectivity index (χ1v) is 6.66. The number of aryl methyl sites for hydroxylation is 2. The zero-order valence-corrected chi connectivity index (χ0v) is 11.6.